The maximum absolute atomic E-state index is 13.6. The maximum Gasteiger partial charge on any atom is 0.164 e. The highest BCUT2D eigenvalue weighted by Crippen LogP contribution is 2.23. The van der Waals surface area contributed by atoms with E-state index >= 15 is 0 Å². The molecule has 0 bridgehead atoms. The van der Waals surface area contributed by atoms with E-state index in [9.17, 15) is 8.78 Å². The SMILES string of the molecule is Cc1ccc(C(N)c2ncc[nH]2)c(F)c1F. The molecular weight excluding hydrogens is 212 g/mol. The summed E-state index contributed by atoms with van der Waals surface area (Å²) in [7, 11) is 0. The second-order valence-corrected chi connectivity index (χ2v) is 3.55. The van der Waals surface area contributed by atoms with Gasteiger partial charge in [0.15, 0.2) is 11.6 Å². The van der Waals surface area contributed by atoms with Crippen molar-refractivity contribution in [1.29, 1.82) is 0 Å². The minimum atomic E-state index is -0.913. The van der Waals surface area contributed by atoms with Crippen LogP contribution < -0.4 is 5.73 Å². The lowest BCUT2D eigenvalue weighted by Crippen LogP contribution is -2.16. The maximum atomic E-state index is 13.6. The van der Waals surface area contributed by atoms with Gasteiger partial charge in [0, 0.05) is 18.0 Å². The number of nitrogens with two attached hydrogens (primary N) is 1. The number of nitrogens with one attached hydrogen (secondary N) is 1. The number of aromatic nitrogens is 2. The van der Waals surface area contributed by atoms with Crippen LogP contribution in [0.15, 0.2) is 24.5 Å². The van der Waals surface area contributed by atoms with Crippen molar-refractivity contribution in [2.75, 3.05) is 0 Å². The Kier molecular flexibility index (Phi) is 2.70. The van der Waals surface area contributed by atoms with Crippen molar-refractivity contribution in [2.24, 2.45) is 5.73 Å². The average molecular weight is 223 g/mol. The van der Waals surface area contributed by atoms with Crippen molar-refractivity contribution in [1.82, 2.24) is 9.97 Å². The van der Waals surface area contributed by atoms with Gasteiger partial charge in [0.05, 0.1) is 6.04 Å². The third-order valence-electron chi connectivity index (χ3n) is 2.45. The first-order valence-electron chi connectivity index (χ1n) is 4.80. The van der Waals surface area contributed by atoms with Gasteiger partial charge in [-0.1, -0.05) is 12.1 Å². The minimum absolute atomic E-state index is 0.0954. The summed E-state index contributed by atoms with van der Waals surface area (Å²) < 4.78 is 26.9. The van der Waals surface area contributed by atoms with Crippen molar-refractivity contribution in [3.8, 4) is 0 Å². The van der Waals surface area contributed by atoms with Gasteiger partial charge in [0.25, 0.3) is 0 Å². The van der Waals surface area contributed by atoms with E-state index in [0.717, 1.165) is 0 Å². The first-order valence-corrected chi connectivity index (χ1v) is 4.80. The molecule has 0 saturated carbocycles. The predicted molar refractivity (Wildman–Crippen MR) is 55.7 cm³/mol. The summed E-state index contributed by atoms with van der Waals surface area (Å²) in [6.07, 6.45) is 3.09. The fraction of sp³-hybridized carbons (Fsp3) is 0.182. The van der Waals surface area contributed by atoms with E-state index in [1.807, 2.05) is 0 Å². The van der Waals surface area contributed by atoms with Crippen LogP contribution in [0.3, 0.4) is 0 Å². The molecule has 0 fully saturated rings. The molecule has 1 atom stereocenters. The zero-order chi connectivity index (χ0) is 11.7. The molecule has 1 aromatic heterocycles. The van der Waals surface area contributed by atoms with Gasteiger partial charge in [-0.25, -0.2) is 13.8 Å². The van der Waals surface area contributed by atoms with Gasteiger partial charge in [-0.15, -0.1) is 0 Å². The number of halogens is 2. The first kappa shape index (κ1) is 10.8. The monoisotopic (exact) mass is 223 g/mol. The van der Waals surface area contributed by atoms with E-state index < -0.39 is 17.7 Å². The standard InChI is InChI=1S/C11H11F2N3/c1-6-2-3-7(9(13)8(6)12)10(14)11-15-4-5-16-11/h2-5,10H,14H2,1H3,(H,15,16). The van der Waals surface area contributed by atoms with Crippen LogP contribution in [0.25, 0.3) is 0 Å². The number of benzene rings is 1. The van der Waals surface area contributed by atoms with Gasteiger partial charge in [0.1, 0.15) is 5.82 Å². The smallest absolute Gasteiger partial charge is 0.164 e. The van der Waals surface area contributed by atoms with Gasteiger partial charge in [-0.05, 0) is 12.5 Å². The number of rotatable bonds is 2. The lowest BCUT2D eigenvalue weighted by atomic mass is 10.0. The highest BCUT2D eigenvalue weighted by molar-refractivity contribution is 5.30. The number of imidazole rings is 1. The van der Waals surface area contributed by atoms with Crippen LogP contribution in [0, 0.1) is 18.6 Å². The largest absolute Gasteiger partial charge is 0.347 e. The van der Waals surface area contributed by atoms with E-state index in [1.54, 1.807) is 6.20 Å². The molecule has 0 amide bonds. The third kappa shape index (κ3) is 1.69. The van der Waals surface area contributed by atoms with Crippen molar-refractivity contribution >= 4 is 0 Å². The number of aryl methyl sites for hydroxylation is 1. The summed E-state index contributed by atoms with van der Waals surface area (Å²) in [5.74, 6) is -1.37. The predicted octanol–water partition coefficient (Wildman–Crippen LogP) is 2.04. The minimum Gasteiger partial charge on any atom is -0.347 e. The Morgan fingerprint density at radius 3 is 2.69 bits per heavy atom. The molecule has 0 radical (unpaired) electrons. The lowest BCUT2D eigenvalue weighted by molar-refractivity contribution is 0.488. The Balaban J connectivity index is 2.45. The molecule has 3 nitrogen and oxygen atoms in total. The zero-order valence-electron chi connectivity index (χ0n) is 8.67. The summed E-state index contributed by atoms with van der Waals surface area (Å²) in [5, 5.41) is 0. The van der Waals surface area contributed by atoms with Crippen LogP contribution in [0.1, 0.15) is 23.0 Å². The van der Waals surface area contributed by atoms with E-state index in [1.165, 1.54) is 25.3 Å². The Labute approximate surface area is 91.3 Å². The fourth-order valence-electron chi connectivity index (χ4n) is 1.50. The molecule has 16 heavy (non-hydrogen) atoms. The second-order valence-electron chi connectivity index (χ2n) is 3.55. The molecule has 5 heteroatoms. The van der Waals surface area contributed by atoms with Crippen molar-refractivity contribution in [3.63, 3.8) is 0 Å². The molecular formula is C11H11F2N3. The highest BCUT2D eigenvalue weighted by atomic mass is 19.2. The zero-order valence-corrected chi connectivity index (χ0v) is 8.67. The van der Waals surface area contributed by atoms with Crippen LogP contribution >= 0.6 is 0 Å². The van der Waals surface area contributed by atoms with Gasteiger partial charge in [-0.3, -0.25) is 0 Å². The molecule has 0 aliphatic carbocycles. The summed E-state index contributed by atoms with van der Waals surface area (Å²) in [6, 6.07) is 2.18. The first-order chi connectivity index (χ1) is 7.61. The number of nitrogens with zero attached hydrogens (tertiary/aromatic N) is 1. The molecule has 3 N–H and O–H groups in total. The molecule has 2 rings (SSSR count). The summed E-state index contributed by atoms with van der Waals surface area (Å²) in [6.45, 7) is 1.50. The molecule has 0 spiro atoms. The van der Waals surface area contributed by atoms with E-state index in [-0.39, 0.29) is 11.1 Å². The van der Waals surface area contributed by atoms with Crippen molar-refractivity contribution < 1.29 is 8.78 Å². The normalized spacial score (nSPS) is 12.8. The fourth-order valence-corrected chi connectivity index (χ4v) is 1.50. The number of hydrogen-bond acceptors (Lipinski definition) is 2. The van der Waals surface area contributed by atoms with Crippen LogP contribution in [0.4, 0.5) is 8.78 Å². The van der Waals surface area contributed by atoms with Crippen LogP contribution in [0.2, 0.25) is 0 Å². The molecule has 0 saturated heterocycles. The molecule has 84 valence electrons. The van der Waals surface area contributed by atoms with Crippen LogP contribution in [-0.4, -0.2) is 9.97 Å². The highest BCUT2D eigenvalue weighted by Gasteiger charge is 2.19. The van der Waals surface area contributed by atoms with Crippen LogP contribution in [0.5, 0.6) is 0 Å². The number of H-pyrrole nitrogens is 1. The van der Waals surface area contributed by atoms with Gasteiger partial charge in [-0.2, -0.15) is 0 Å². The van der Waals surface area contributed by atoms with Gasteiger partial charge >= 0.3 is 0 Å². The summed E-state index contributed by atoms with van der Waals surface area (Å²) in [4.78, 5) is 6.69. The topological polar surface area (TPSA) is 54.7 Å². The summed E-state index contributed by atoms with van der Waals surface area (Å²) in [5.41, 5.74) is 6.13. The Morgan fingerprint density at radius 2 is 2.06 bits per heavy atom. The number of aromatic amines is 1. The van der Waals surface area contributed by atoms with Crippen LogP contribution in [-0.2, 0) is 0 Å². The Hall–Kier alpha value is -1.75. The van der Waals surface area contributed by atoms with E-state index in [2.05, 4.69) is 9.97 Å². The van der Waals surface area contributed by atoms with Crippen molar-refractivity contribution in [2.45, 2.75) is 13.0 Å². The Morgan fingerprint density at radius 1 is 1.31 bits per heavy atom. The molecule has 1 unspecified atom stereocenters. The van der Waals surface area contributed by atoms with Gasteiger partial charge in [0.2, 0.25) is 0 Å². The number of hydrogen-bond donors (Lipinski definition) is 2. The summed E-state index contributed by atoms with van der Waals surface area (Å²) >= 11 is 0. The second kappa shape index (κ2) is 4.02. The molecule has 2 aromatic rings. The quantitative estimate of drug-likeness (QED) is 0.818. The van der Waals surface area contributed by atoms with Crippen molar-refractivity contribution in [3.05, 3.63) is 53.1 Å². The van der Waals surface area contributed by atoms with E-state index in [0.29, 0.717) is 5.82 Å². The molecule has 0 aliphatic rings. The average Bonchev–Trinajstić information content (AvgIpc) is 2.79. The lowest BCUT2D eigenvalue weighted by Gasteiger charge is -2.11. The van der Waals surface area contributed by atoms with E-state index in [4.69, 9.17) is 5.73 Å². The molecule has 1 heterocycles. The Bertz CT molecular complexity index is 494. The third-order valence-corrected chi connectivity index (χ3v) is 2.45. The van der Waals surface area contributed by atoms with Gasteiger partial charge < -0.3 is 10.7 Å². The molecule has 1 aromatic carbocycles. The molecule has 0 aliphatic heterocycles.